The molecule has 0 aliphatic heterocycles. The van der Waals surface area contributed by atoms with Gasteiger partial charge in [0.25, 0.3) is 0 Å². The summed E-state index contributed by atoms with van der Waals surface area (Å²) < 4.78 is 46.7. The van der Waals surface area contributed by atoms with Crippen molar-refractivity contribution in [2.45, 2.75) is 12.0 Å². The minimum absolute atomic E-state index is 2.42. The average molecular weight is 190 g/mol. The van der Waals surface area contributed by atoms with Crippen molar-refractivity contribution in [2.24, 2.45) is 5.73 Å². The summed E-state index contributed by atoms with van der Waals surface area (Å²) >= 11 is 0. The minimum Gasteiger partial charge on any atom is -0.360 e. The predicted octanol–water partition coefficient (Wildman–Crippen LogP) is -0.0235. The molecule has 0 saturated carbocycles. The normalized spacial score (nSPS) is 16.7. The van der Waals surface area contributed by atoms with Crippen LogP contribution in [0.1, 0.15) is 0 Å². The minimum atomic E-state index is -5.94. The van der Waals surface area contributed by atoms with Crippen LogP contribution in [0.15, 0.2) is 0 Å². The smallest absolute Gasteiger partial charge is 0.360 e. The van der Waals surface area contributed by atoms with Crippen LogP contribution in [0, 0.1) is 10.1 Å². The fourth-order valence-electron chi connectivity index (χ4n) is 0.333. The van der Waals surface area contributed by atoms with Crippen LogP contribution in [0.5, 0.6) is 0 Å². The Bertz CT molecular complexity index is 210. The third-order valence-corrected chi connectivity index (χ3v) is 0.954. The van der Waals surface area contributed by atoms with Crippen molar-refractivity contribution in [2.75, 3.05) is 0 Å². The standard InChI is InChI=1S/C3H2F4N2O3/c4-2(1(8)10,9(11)12)3(5,6)7/h(H2,8,10). The predicted molar refractivity (Wildman–Crippen MR) is 26.1 cm³/mol. The van der Waals surface area contributed by atoms with E-state index >= 15 is 0 Å². The highest BCUT2D eigenvalue weighted by molar-refractivity contribution is 5.82. The number of alkyl halides is 4. The van der Waals surface area contributed by atoms with Gasteiger partial charge in [0.05, 0.1) is 4.92 Å². The van der Waals surface area contributed by atoms with E-state index < -0.39 is 22.8 Å². The second-order valence-electron chi connectivity index (χ2n) is 1.74. The second-order valence-corrected chi connectivity index (χ2v) is 1.74. The number of carbonyl (C=O) groups excluding carboxylic acids is 1. The molecular weight excluding hydrogens is 188 g/mol. The highest BCUT2D eigenvalue weighted by Crippen LogP contribution is 2.33. The summed E-state index contributed by atoms with van der Waals surface area (Å²) in [6.45, 7) is 0. The lowest BCUT2D eigenvalue weighted by molar-refractivity contribution is -0.628. The first-order valence-electron chi connectivity index (χ1n) is 2.34. The fraction of sp³-hybridized carbons (Fsp3) is 0.667. The summed E-state index contributed by atoms with van der Waals surface area (Å²) in [5, 5.41) is 9.52. The van der Waals surface area contributed by atoms with Gasteiger partial charge in [-0.05, 0) is 0 Å². The van der Waals surface area contributed by atoms with Gasteiger partial charge >= 0.3 is 17.9 Å². The highest BCUT2D eigenvalue weighted by Gasteiger charge is 2.73. The maximum atomic E-state index is 12.2. The van der Waals surface area contributed by atoms with Crippen molar-refractivity contribution in [1.82, 2.24) is 0 Å². The molecule has 9 heteroatoms. The molecule has 1 amide bonds. The van der Waals surface area contributed by atoms with E-state index in [1.807, 2.05) is 0 Å². The average Bonchev–Trinajstić information content (AvgIpc) is 1.82. The number of nitro groups is 1. The molecule has 0 aromatic rings. The van der Waals surface area contributed by atoms with Gasteiger partial charge in [0.1, 0.15) is 0 Å². The summed E-state index contributed by atoms with van der Waals surface area (Å²) in [6.07, 6.45) is -5.94. The van der Waals surface area contributed by atoms with E-state index in [4.69, 9.17) is 0 Å². The molecule has 0 aliphatic carbocycles. The van der Waals surface area contributed by atoms with Crippen LogP contribution >= 0.6 is 0 Å². The highest BCUT2D eigenvalue weighted by atomic mass is 19.4. The summed E-state index contributed by atoms with van der Waals surface area (Å²) in [6, 6.07) is 0. The molecule has 0 radical (unpaired) electrons. The first-order chi connectivity index (χ1) is 5.14. The molecule has 5 nitrogen and oxygen atoms in total. The lowest BCUT2D eigenvalue weighted by Crippen LogP contribution is -2.57. The van der Waals surface area contributed by atoms with Crippen LogP contribution in [-0.4, -0.2) is 22.8 Å². The molecule has 0 aromatic carbocycles. The Balaban J connectivity index is 5.17. The maximum Gasteiger partial charge on any atom is 0.531 e. The molecule has 0 heterocycles. The molecular formula is C3H2F4N2O3. The molecule has 2 N–H and O–H groups in total. The Labute approximate surface area is 62.3 Å². The second kappa shape index (κ2) is 2.57. The van der Waals surface area contributed by atoms with Crippen molar-refractivity contribution in [3.63, 3.8) is 0 Å². The molecule has 12 heavy (non-hydrogen) atoms. The summed E-state index contributed by atoms with van der Waals surface area (Å²) in [7, 11) is 0. The Morgan fingerprint density at radius 3 is 1.67 bits per heavy atom. The van der Waals surface area contributed by atoms with E-state index in [-0.39, 0.29) is 0 Å². The zero-order valence-corrected chi connectivity index (χ0v) is 5.26. The van der Waals surface area contributed by atoms with Crippen LogP contribution < -0.4 is 5.73 Å². The number of halogens is 4. The number of hydrogen-bond donors (Lipinski definition) is 1. The Morgan fingerprint density at radius 1 is 1.33 bits per heavy atom. The summed E-state index contributed by atoms with van der Waals surface area (Å²) in [4.78, 5) is 16.9. The van der Waals surface area contributed by atoms with Gasteiger partial charge < -0.3 is 5.73 Å². The van der Waals surface area contributed by atoms with Gasteiger partial charge in [0, 0.05) is 0 Å². The van der Waals surface area contributed by atoms with E-state index in [1.54, 1.807) is 0 Å². The summed E-state index contributed by atoms with van der Waals surface area (Å²) in [5.74, 6) is -7.90. The summed E-state index contributed by atoms with van der Waals surface area (Å²) in [5.41, 5.74) is 3.88. The van der Waals surface area contributed by atoms with E-state index in [1.165, 1.54) is 0 Å². The van der Waals surface area contributed by atoms with Crippen molar-refractivity contribution in [1.29, 1.82) is 0 Å². The number of rotatable bonds is 2. The fourth-order valence-corrected chi connectivity index (χ4v) is 0.333. The van der Waals surface area contributed by atoms with Gasteiger partial charge in [-0.3, -0.25) is 14.9 Å². The van der Waals surface area contributed by atoms with Crippen LogP contribution in [0.2, 0.25) is 0 Å². The third-order valence-electron chi connectivity index (χ3n) is 0.954. The molecule has 0 aromatic heterocycles. The Morgan fingerprint density at radius 2 is 1.67 bits per heavy atom. The lowest BCUT2D eigenvalue weighted by atomic mass is 10.2. The number of hydrogen-bond acceptors (Lipinski definition) is 3. The molecule has 0 aliphatic rings. The van der Waals surface area contributed by atoms with E-state index in [2.05, 4.69) is 5.73 Å². The third kappa shape index (κ3) is 1.29. The molecule has 0 rings (SSSR count). The van der Waals surface area contributed by atoms with Crippen molar-refractivity contribution < 1.29 is 27.3 Å². The molecule has 0 saturated heterocycles. The van der Waals surface area contributed by atoms with E-state index in [9.17, 15) is 32.5 Å². The van der Waals surface area contributed by atoms with Gasteiger partial charge in [-0.1, -0.05) is 0 Å². The number of carbonyl (C=O) groups is 1. The van der Waals surface area contributed by atoms with Gasteiger partial charge in [-0.15, -0.1) is 4.39 Å². The Kier molecular flexibility index (Phi) is 2.27. The molecule has 0 fully saturated rings. The van der Waals surface area contributed by atoms with Crippen LogP contribution in [0.25, 0.3) is 0 Å². The maximum absolute atomic E-state index is 12.2. The van der Waals surface area contributed by atoms with E-state index in [0.717, 1.165) is 0 Å². The SMILES string of the molecule is NC(=O)C(F)([N+](=O)[O-])C(F)(F)F. The zero-order chi connectivity index (χ0) is 10.2. The van der Waals surface area contributed by atoms with Gasteiger partial charge in [-0.25, -0.2) is 0 Å². The molecule has 70 valence electrons. The first kappa shape index (κ1) is 10.6. The zero-order valence-electron chi connectivity index (χ0n) is 5.26. The first-order valence-corrected chi connectivity index (χ1v) is 2.34. The molecule has 0 spiro atoms. The van der Waals surface area contributed by atoms with Gasteiger partial charge in [-0.2, -0.15) is 13.2 Å². The Hall–Kier alpha value is -1.41. The van der Waals surface area contributed by atoms with Crippen LogP contribution in [0.4, 0.5) is 17.6 Å². The van der Waals surface area contributed by atoms with Crippen LogP contribution in [0.3, 0.4) is 0 Å². The lowest BCUT2D eigenvalue weighted by Gasteiger charge is -2.14. The monoisotopic (exact) mass is 190 g/mol. The van der Waals surface area contributed by atoms with Crippen molar-refractivity contribution in [3.8, 4) is 0 Å². The van der Waals surface area contributed by atoms with Crippen molar-refractivity contribution >= 4 is 5.91 Å². The molecule has 1 unspecified atom stereocenters. The van der Waals surface area contributed by atoms with Crippen LogP contribution in [-0.2, 0) is 4.79 Å². The number of nitrogens with two attached hydrogens (primary N) is 1. The number of amides is 1. The topological polar surface area (TPSA) is 86.2 Å². The molecule has 0 bridgehead atoms. The molecule has 1 atom stereocenters. The number of nitrogens with zero attached hydrogens (tertiary/aromatic N) is 1. The number of primary amides is 1. The van der Waals surface area contributed by atoms with Gasteiger partial charge in [0.2, 0.25) is 0 Å². The largest absolute Gasteiger partial charge is 0.531 e. The van der Waals surface area contributed by atoms with E-state index in [0.29, 0.717) is 0 Å². The quantitative estimate of drug-likeness (QED) is 0.287. The van der Waals surface area contributed by atoms with Crippen molar-refractivity contribution in [3.05, 3.63) is 10.1 Å². The van der Waals surface area contributed by atoms with Gasteiger partial charge in [0.15, 0.2) is 0 Å².